The number of fused-ring (bicyclic) bond motifs is 1. The van der Waals surface area contributed by atoms with Gasteiger partial charge in [-0.15, -0.1) is 0 Å². The van der Waals surface area contributed by atoms with Crippen LogP contribution in [0.5, 0.6) is 5.75 Å². The van der Waals surface area contributed by atoms with Crippen LogP contribution >= 0.6 is 0 Å². The largest absolute Gasteiger partial charge is 0.493 e. The fraction of sp³-hybridized carbons (Fsp3) is 0.550. The highest BCUT2D eigenvalue weighted by atomic mass is 19.4. The molecule has 1 aliphatic carbocycles. The van der Waals surface area contributed by atoms with Crippen molar-refractivity contribution in [1.29, 1.82) is 0 Å². The topological polar surface area (TPSA) is 145 Å². The Morgan fingerprint density at radius 2 is 1.62 bits per heavy atom. The number of carbonyl (C=O) groups is 3. The lowest BCUT2D eigenvalue weighted by Crippen LogP contribution is -2.28. The number of halogens is 3. The van der Waals surface area contributed by atoms with Crippen molar-refractivity contribution in [3.63, 3.8) is 0 Å². The lowest BCUT2D eigenvalue weighted by Gasteiger charge is -2.20. The number of hydrogen-bond acceptors (Lipinski definition) is 6. The van der Waals surface area contributed by atoms with Gasteiger partial charge in [0.2, 0.25) is 0 Å². The maximum Gasteiger partial charge on any atom is 0.490 e. The van der Waals surface area contributed by atoms with Gasteiger partial charge in [-0.05, 0) is 30.5 Å². The van der Waals surface area contributed by atoms with Gasteiger partial charge in [-0.2, -0.15) is 13.2 Å². The Balaban J connectivity index is 0.000000451. The summed E-state index contributed by atoms with van der Waals surface area (Å²) >= 11 is 0. The summed E-state index contributed by atoms with van der Waals surface area (Å²) < 4.78 is 37.3. The molecule has 0 aromatic heterocycles. The van der Waals surface area contributed by atoms with Crippen molar-refractivity contribution in [2.45, 2.75) is 39.1 Å². The summed E-state index contributed by atoms with van der Waals surface area (Å²) in [6.45, 7) is 3.34. The number of ether oxygens (including phenoxy) is 1. The van der Waals surface area contributed by atoms with Gasteiger partial charge >= 0.3 is 24.1 Å². The summed E-state index contributed by atoms with van der Waals surface area (Å²) in [5, 5.41) is 35.6. The molecule has 12 heteroatoms. The number of piperidine rings is 1. The molecule has 1 aromatic carbocycles. The Bertz CT molecular complexity index is 862. The van der Waals surface area contributed by atoms with Gasteiger partial charge in [0.15, 0.2) is 0 Å². The molecule has 1 aromatic rings. The molecule has 2 aliphatic rings. The van der Waals surface area contributed by atoms with Gasteiger partial charge < -0.3 is 25.2 Å². The Hall–Kier alpha value is -2.86. The standard InChI is InChI=1S/C18H23NO6.C2HF3O2/c1-2-5-25-14-4-3-12(6-13(14)8-20)7-19-10-17(15(21)22)9-18(17,11-19)16(23)24;3-2(4,5)1(6)7/h3-4,6,20H,2,5,7-11H2,1H3,(H,21,22)(H,23,24);(H,6,7)/t17-,18+;. The summed E-state index contributed by atoms with van der Waals surface area (Å²) in [6.07, 6.45) is -4.01. The predicted octanol–water partition coefficient (Wildman–Crippen LogP) is 1.96. The molecule has 32 heavy (non-hydrogen) atoms. The summed E-state index contributed by atoms with van der Waals surface area (Å²) in [7, 11) is 0. The van der Waals surface area contributed by atoms with Gasteiger partial charge in [-0.3, -0.25) is 14.5 Å². The Morgan fingerprint density at radius 3 is 2.03 bits per heavy atom. The predicted molar refractivity (Wildman–Crippen MR) is 102 cm³/mol. The van der Waals surface area contributed by atoms with Crippen molar-refractivity contribution >= 4 is 17.9 Å². The molecule has 0 spiro atoms. The average molecular weight is 463 g/mol. The monoisotopic (exact) mass is 463 g/mol. The number of nitrogens with zero attached hydrogens (tertiary/aromatic N) is 1. The summed E-state index contributed by atoms with van der Waals surface area (Å²) in [5.41, 5.74) is -0.752. The first-order valence-corrected chi connectivity index (χ1v) is 9.67. The number of alkyl halides is 3. The van der Waals surface area contributed by atoms with E-state index in [4.69, 9.17) is 14.6 Å². The number of aliphatic carboxylic acids is 3. The minimum absolute atomic E-state index is 0.148. The van der Waals surface area contributed by atoms with Gasteiger partial charge in [0.25, 0.3) is 0 Å². The smallest absolute Gasteiger partial charge is 0.490 e. The van der Waals surface area contributed by atoms with Crippen molar-refractivity contribution in [2.75, 3.05) is 19.7 Å². The van der Waals surface area contributed by atoms with Crippen LogP contribution in [-0.2, 0) is 27.5 Å². The van der Waals surface area contributed by atoms with E-state index in [9.17, 15) is 38.1 Å². The fourth-order valence-electron chi connectivity index (χ4n) is 3.98. The Morgan fingerprint density at radius 1 is 1.09 bits per heavy atom. The molecule has 0 bridgehead atoms. The second-order valence-electron chi connectivity index (χ2n) is 7.85. The molecule has 0 unspecified atom stereocenters. The molecule has 1 saturated heterocycles. The molecule has 2 fully saturated rings. The number of aliphatic hydroxyl groups is 1. The van der Waals surface area contributed by atoms with Crippen molar-refractivity contribution in [3.05, 3.63) is 29.3 Å². The van der Waals surface area contributed by atoms with Crippen LogP contribution in [-0.4, -0.2) is 69.1 Å². The number of carboxylic acid groups (broad SMARTS) is 3. The highest BCUT2D eigenvalue weighted by Crippen LogP contribution is 2.68. The zero-order valence-electron chi connectivity index (χ0n) is 17.2. The lowest BCUT2D eigenvalue weighted by atomic mass is 9.97. The molecule has 0 amide bonds. The summed E-state index contributed by atoms with van der Waals surface area (Å²) in [4.78, 5) is 33.9. The first-order chi connectivity index (χ1) is 14.8. The third-order valence-corrected chi connectivity index (χ3v) is 5.61. The Kier molecular flexibility index (Phi) is 7.40. The number of hydrogen-bond donors (Lipinski definition) is 4. The quantitative estimate of drug-likeness (QED) is 0.455. The molecule has 0 radical (unpaired) electrons. The number of likely N-dealkylation sites (tertiary alicyclic amines) is 1. The third-order valence-electron chi connectivity index (χ3n) is 5.61. The van der Waals surface area contributed by atoms with Crippen LogP contribution in [0.25, 0.3) is 0 Å². The first kappa shape index (κ1) is 25.4. The third kappa shape index (κ3) is 4.96. The van der Waals surface area contributed by atoms with Gasteiger partial charge in [0.1, 0.15) is 5.75 Å². The maximum atomic E-state index is 11.6. The van der Waals surface area contributed by atoms with E-state index < -0.39 is 34.9 Å². The molecular weight excluding hydrogens is 439 g/mol. The van der Waals surface area contributed by atoms with Crippen LogP contribution in [0.4, 0.5) is 13.2 Å². The number of benzene rings is 1. The van der Waals surface area contributed by atoms with E-state index >= 15 is 0 Å². The van der Waals surface area contributed by atoms with Gasteiger partial charge in [-0.25, -0.2) is 4.79 Å². The van der Waals surface area contributed by atoms with Gasteiger partial charge in [0, 0.05) is 25.2 Å². The number of carboxylic acids is 3. The zero-order chi connectivity index (χ0) is 24.3. The normalized spacial score (nSPS) is 24.2. The SMILES string of the molecule is CCCOc1ccc(CN2C[C@@]3(C(=O)O)C[C@@]3(C(=O)O)C2)cc1CO.O=C(O)C(F)(F)F. The second-order valence-corrected chi connectivity index (χ2v) is 7.85. The summed E-state index contributed by atoms with van der Waals surface area (Å²) in [5.74, 6) is -4.18. The van der Waals surface area contributed by atoms with Crippen molar-refractivity contribution in [2.24, 2.45) is 10.8 Å². The van der Waals surface area contributed by atoms with E-state index in [1.807, 2.05) is 24.0 Å². The van der Waals surface area contributed by atoms with Crippen molar-refractivity contribution in [1.82, 2.24) is 4.90 Å². The van der Waals surface area contributed by atoms with E-state index in [2.05, 4.69) is 0 Å². The van der Waals surface area contributed by atoms with Crippen LogP contribution in [0.15, 0.2) is 18.2 Å². The molecule has 1 heterocycles. The van der Waals surface area contributed by atoms with Crippen molar-refractivity contribution < 1.29 is 52.7 Å². The van der Waals surface area contributed by atoms with Gasteiger partial charge in [0.05, 0.1) is 24.0 Å². The van der Waals surface area contributed by atoms with Crippen molar-refractivity contribution in [3.8, 4) is 5.75 Å². The van der Waals surface area contributed by atoms with Crippen LogP contribution in [0.2, 0.25) is 0 Å². The van der Waals surface area contributed by atoms with Crippen LogP contribution < -0.4 is 4.74 Å². The van der Waals surface area contributed by atoms with E-state index in [1.54, 1.807) is 6.07 Å². The summed E-state index contributed by atoms with van der Waals surface area (Å²) in [6, 6.07) is 5.50. The second kappa shape index (κ2) is 9.33. The van der Waals surface area contributed by atoms with E-state index in [0.29, 0.717) is 24.5 Å². The fourth-order valence-corrected chi connectivity index (χ4v) is 3.98. The highest BCUT2D eigenvalue weighted by molar-refractivity contribution is 5.94. The average Bonchev–Trinajstić information content (AvgIpc) is 3.25. The first-order valence-electron chi connectivity index (χ1n) is 9.67. The molecule has 4 N–H and O–H groups in total. The van der Waals surface area contributed by atoms with Crippen LogP contribution in [0.1, 0.15) is 30.9 Å². The minimum Gasteiger partial charge on any atom is -0.493 e. The molecule has 9 nitrogen and oxygen atoms in total. The zero-order valence-corrected chi connectivity index (χ0v) is 17.2. The molecule has 3 rings (SSSR count). The Labute approximate surface area is 181 Å². The van der Waals surface area contributed by atoms with Gasteiger partial charge in [-0.1, -0.05) is 13.0 Å². The van der Waals surface area contributed by atoms with E-state index in [1.165, 1.54) is 0 Å². The molecule has 1 aliphatic heterocycles. The number of aliphatic hydroxyl groups excluding tert-OH is 1. The number of rotatable bonds is 8. The molecular formula is C20H24F3NO8. The molecule has 2 atom stereocenters. The highest BCUT2D eigenvalue weighted by Gasteiger charge is 2.80. The lowest BCUT2D eigenvalue weighted by molar-refractivity contribution is -0.192. The molecule has 178 valence electrons. The minimum atomic E-state index is -5.08. The van der Waals surface area contributed by atoms with E-state index in [0.717, 1.165) is 12.0 Å². The van der Waals surface area contributed by atoms with Crippen LogP contribution in [0, 0.1) is 10.8 Å². The van der Waals surface area contributed by atoms with Crippen LogP contribution in [0.3, 0.4) is 0 Å². The van der Waals surface area contributed by atoms with E-state index in [-0.39, 0.29) is 26.1 Å². The molecule has 1 saturated carbocycles. The maximum absolute atomic E-state index is 11.6.